The molecule has 6 heteroatoms. The summed E-state index contributed by atoms with van der Waals surface area (Å²) in [6.45, 7) is 0. The molecule has 0 spiro atoms. The van der Waals surface area contributed by atoms with Gasteiger partial charge in [-0.1, -0.05) is 15.9 Å². The molecule has 1 N–H and O–H groups in total. The van der Waals surface area contributed by atoms with Crippen molar-refractivity contribution in [1.29, 1.82) is 0 Å². The molecule has 0 aliphatic rings. The lowest BCUT2D eigenvalue weighted by atomic mass is 10.2. The highest BCUT2D eigenvalue weighted by Crippen LogP contribution is 2.13. The van der Waals surface area contributed by atoms with Crippen molar-refractivity contribution in [1.82, 2.24) is 5.43 Å². The van der Waals surface area contributed by atoms with Crippen LogP contribution in [0.5, 0.6) is 0 Å². The van der Waals surface area contributed by atoms with Gasteiger partial charge in [-0.2, -0.15) is 5.10 Å². The van der Waals surface area contributed by atoms with Gasteiger partial charge in [-0.25, -0.2) is 9.82 Å². The second kappa shape index (κ2) is 5.59. The van der Waals surface area contributed by atoms with E-state index >= 15 is 0 Å². The minimum absolute atomic E-state index is 0.141. The fourth-order valence-electron chi connectivity index (χ4n) is 1.24. The summed E-state index contributed by atoms with van der Waals surface area (Å²) in [6.07, 6.45) is 2.60. The molecule has 1 heterocycles. The third-order valence-electron chi connectivity index (χ3n) is 2.07. The van der Waals surface area contributed by atoms with E-state index in [2.05, 4.69) is 26.5 Å². The highest BCUT2D eigenvalue weighted by Gasteiger charge is 2.06. The van der Waals surface area contributed by atoms with Crippen molar-refractivity contribution in [3.05, 3.63) is 58.2 Å². The first-order valence-electron chi connectivity index (χ1n) is 4.99. The van der Waals surface area contributed by atoms with E-state index in [1.807, 2.05) is 0 Å². The van der Waals surface area contributed by atoms with Crippen LogP contribution >= 0.6 is 15.9 Å². The van der Waals surface area contributed by atoms with Gasteiger partial charge in [0.1, 0.15) is 5.82 Å². The van der Waals surface area contributed by atoms with Gasteiger partial charge in [0.2, 0.25) is 0 Å². The van der Waals surface area contributed by atoms with Crippen LogP contribution in [0.15, 0.2) is 50.6 Å². The highest BCUT2D eigenvalue weighted by molar-refractivity contribution is 9.10. The molecule has 0 aliphatic heterocycles. The van der Waals surface area contributed by atoms with Crippen LogP contribution in [0.4, 0.5) is 4.39 Å². The predicted octanol–water partition coefficient (Wildman–Crippen LogP) is 2.95. The molecule has 0 radical (unpaired) electrons. The van der Waals surface area contributed by atoms with Crippen LogP contribution in [0, 0.1) is 5.82 Å². The number of hydrazone groups is 1. The van der Waals surface area contributed by atoms with Crippen LogP contribution < -0.4 is 5.43 Å². The van der Waals surface area contributed by atoms with E-state index in [0.717, 1.165) is 4.47 Å². The zero-order chi connectivity index (χ0) is 13.0. The molecule has 0 saturated carbocycles. The lowest BCUT2D eigenvalue weighted by Crippen LogP contribution is -2.16. The Bertz CT molecular complexity index is 582. The van der Waals surface area contributed by atoms with Crippen LogP contribution in [-0.2, 0) is 0 Å². The molecule has 0 saturated heterocycles. The monoisotopic (exact) mass is 310 g/mol. The van der Waals surface area contributed by atoms with E-state index < -0.39 is 11.7 Å². The maximum absolute atomic E-state index is 13.3. The second-order valence-corrected chi connectivity index (χ2v) is 4.26. The van der Waals surface area contributed by atoms with E-state index in [9.17, 15) is 9.18 Å². The fourth-order valence-corrected chi connectivity index (χ4v) is 1.62. The SMILES string of the molecule is O=C(N/N=C/c1cc(Br)ccc1F)c1ccco1. The van der Waals surface area contributed by atoms with Gasteiger partial charge in [-0.05, 0) is 30.3 Å². The van der Waals surface area contributed by atoms with E-state index in [0.29, 0.717) is 0 Å². The molecule has 2 aromatic rings. The molecule has 1 aromatic carbocycles. The number of carbonyl (C=O) groups is 1. The average molecular weight is 311 g/mol. The van der Waals surface area contributed by atoms with Crippen molar-refractivity contribution >= 4 is 28.1 Å². The van der Waals surface area contributed by atoms with Gasteiger partial charge in [-0.15, -0.1) is 0 Å². The molecule has 18 heavy (non-hydrogen) atoms. The molecule has 0 fully saturated rings. The van der Waals surface area contributed by atoms with Crippen molar-refractivity contribution in [3.8, 4) is 0 Å². The Morgan fingerprint density at radius 3 is 3.00 bits per heavy atom. The van der Waals surface area contributed by atoms with Crippen molar-refractivity contribution in [2.45, 2.75) is 0 Å². The molecule has 0 bridgehead atoms. The number of nitrogens with one attached hydrogen (secondary N) is 1. The van der Waals surface area contributed by atoms with E-state index in [4.69, 9.17) is 4.42 Å². The maximum Gasteiger partial charge on any atom is 0.307 e. The number of benzene rings is 1. The Labute approximate surface area is 111 Å². The van der Waals surface area contributed by atoms with Gasteiger partial charge >= 0.3 is 5.91 Å². The molecule has 92 valence electrons. The molecule has 4 nitrogen and oxygen atoms in total. The number of hydrogen-bond acceptors (Lipinski definition) is 3. The van der Waals surface area contributed by atoms with Gasteiger partial charge in [-0.3, -0.25) is 4.79 Å². The van der Waals surface area contributed by atoms with Gasteiger partial charge in [0.05, 0.1) is 12.5 Å². The predicted molar refractivity (Wildman–Crippen MR) is 67.9 cm³/mol. The number of hydrogen-bond donors (Lipinski definition) is 1. The summed E-state index contributed by atoms with van der Waals surface area (Å²) in [5.74, 6) is -0.775. The highest BCUT2D eigenvalue weighted by atomic mass is 79.9. The Morgan fingerprint density at radius 1 is 1.44 bits per heavy atom. The van der Waals surface area contributed by atoms with Gasteiger partial charge in [0, 0.05) is 10.0 Å². The van der Waals surface area contributed by atoms with Crippen molar-refractivity contribution < 1.29 is 13.6 Å². The molecule has 0 aliphatic carbocycles. The molecule has 2 rings (SSSR count). The number of nitrogens with zero attached hydrogens (tertiary/aromatic N) is 1. The molecule has 1 aromatic heterocycles. The molecular weight excluding hydrogens is 303 g/mol. The van der Waals surface area contributed by atoms with Crippen LogP contribution in [0.1, 0.15) is 16.1 Å². The lowest BCUT2D eigenvalue weighted by Gasteiger charge is -1.98. The Morgan fingerprint density at radius 2 is 2.28 bits per heavy atom. The van der Waals surface area contributed by atoms with Gasteiger partial charge in [0.15, 0.2) is 5.76 Å². The van der Waals surface area contributed by atoms with Crippen LogP contribution in [-0.4, -0.2) is 12.1 Å². The minimum atomic E-state index is -0.494. The molecule has 0 atom stereocenters. The van der Waals surface area contributed by atoms with E-state index in [-0.39, 0.29) is 11.3 Å². The van der Waals surface area contributed by atoms with Crippen LogP contribution in [0.2, 0.25) is 0 Å². The average Bonchev–Trinajstić information content (AvgIpc) is 2.87. The summed E-state index contributed by atoms with van der Waals surface area (Å²) in [6, 6.07) is 7.53. The number of carbonyl (C=O) groups excluding carboxylic acids is 1. The summed E-state index contributed by atoms with van der Waals surface area (Å²) in [4.78, 5) is 11.4. The lowest BCUT2D eigenvalue weighted by molar-refractivity contribution is 0.0927. The normalized spacial score (nSPS) is 10.8. The molecular formula is C12H8BrFN2O2. The fraction of sp³-hybridized carbons (Fsp3) is 0. The Balaban J connectivity index is 2.03. The first-order valence-corrected chi connectivity index (χ1v) is 5.78. The summed E-state index contributed by atoms with van der Waals surface area (Å²) in [7, 11) is 0. The summed E-state index contributed by atoms with van der Waals surface area (Å²) in [5.41, 5.74) is 2.50. The second-order valence-electron chi connectivity index (χ2n) is 3.34. The smallest absolute Gasteiger partial charge is 0.307 e. The van der Waals surface area contributed by atoms with Crippen LogP contribution in [0.25, 0.3) is 0 Å². The Hall–Kier alpha value is -1.95. The zero-order valence-corrected chi connectivity index (χ0v) is 10.6. The van der Waals surface area contributed by atoms with Gasteiger partial charge in [0.25, 0.3) is 0 Å². The third kappa shape index (κ3) is 3.04. The van der Waals surface area contributed by atoms with Crippen molar-refractivity contribution in [2.24, 2.45) is 5.10 Å². The first-order chi connectivity index (χ1) is 8.66. The first kappa shape index (κ1) is 12.5. The van der Waals surface area contributed by atoms with Crippen molar-refractivity contribution in [2.75, 3.05) is 0 Å². The summed E-state index contributed by atoms with van der Waals surface area (Å²) >= 11 is 3.22. The standard InChI is InChI=1S/C12H8BrFN2O2/c13-9-3-4-10(14)8(6-9)7-15-16-12(17)11-2-1-5-18-11/h1-7H,(H,16,17)/b15-7+. The molecule has 1 amide bonds. The van der Waals surface area contributed by atoms with Crippen molar-refractivity contribution in [3.63, 3.8) is 0 Å². The maximum atomic E-state index is 13.3. The quantitative estimate of drug-likeness (QED) is 0.700. The number of rotatable bonds is 3. The number of furan rings is 1. The molecule has 0 unspecified atom stereocenters. The topological polar surface area (TPSA) is 54.6 Å². The summed E-state index contributed by atoms with van der Waals surface area (Å²) < 4.78 is 18.9. The Kier molecular flexibility index (Phi) is 3.88. The summed E-state index contributed by atoms with van der Waals surface area (Å²) in [5, 5.41) is 3.65. The number of amides is 1. The van der Waals surface area contributed by atoms with Crippen LogP contribution in [0.3, 0.4) is 0 Å². The van der Waals surface area contributed by atoms with E-state index in [1.54, 1.807) is 18.2 Å². The largest absolute Gasteiger partial charge is 0.459 e. The number of halogens is 2. The minimum Gasteiger partial charge on any atom is -0.459 e. The third-order valence-corrected chi connectivity index (χ3v) is 2.57. The van der Waals surface area contributed by atoms with Gasteiger partial charge < -0.3 is 4.42 Å². The van der Waals surface area contributed by atoms with E-state index in [1.165, 1.54) is 24.6 Å². The zero-order valence-electron chi connectivity index (χ0n) is 9.06.